The van der Waals surface area contributed by atoms with Crippen LogP contribution >= 0.6 is 0 Å². The Morgan fingerprint density at radius 1 is 0.824 bits per heavy atom. The molecule has 8 nitrogen and oxygen atoms in total. The number of benzene rings is 1. The van der Waals surface area contributed by atoms with Gasteiger partial charge in [0.15, 0.2) is 0 Å². The number of aromatic hydroxyl groups is 2. The largest absolute Gasteiger partial charge is 2.00 e. The average molecular weight is 332 g/mol. The first-order chi connectivity index (χ1) is 7.03. The summed E-state index contributed by atoms with van der Waals surface area (Å²) in [7, 11) is -10.2. The Kier molecular flexibility index (Phi) is 4.56. The van der Waals surface area contributed by atoms with Crippen LogP contribution in [0.2, 0.25) is 0 Å². The summed E-state index contributed by atoms with van der Waals surface area (Å²) >= 11 is 0. The fourth-order valence-electron chi connectivity index (χ4n) is 0.939. The predicted octanol–water partition coefficient (Wildman–Crippen LogP) is -1.10. The van der Waals surface area contributed by atoms with Crippen LogP contribution in [0, 0.1) is 0 Å². The molecule has 0 spiro atoms. The first kappa shape index (κ1) is 16.2. The molecule has 0 saturated carbocycles. The Balaban J connectivity index is 0.00000256. The molecular formula is C6H4CuO8S2. The van der Waals surface area contributed by atoms with Crippen molar-refractivity contribution in [3.8, 4) is 11.5 Å². The van der Waals surface area contributed by atoms with Crippen molar-refractivity contribution in [1.29, 1.82) is 0 Å². The molecule has 0 amide bonds. The van der Waals surface area contributed by atoms with Crippen molar-refractivity contribution in [3.05, 3.63) is 12.1 Å². The van der Waals surface area contributed by atoms with Gasteiger partial charge >= 0.3 is 17.1 Å². The van der Waals surface area contributed by atoms with Gasteiger partial charge in [0.25, 0.3) is 0 Å². The van der Waals surface area contributed by atoms with E-state index in [1.807, 2.05) is 0 Å². The maximum atomic E-state index is 10.5. The van der Waals surface area contributed by atoms with Crippen LogP contribution in [0.1, 0.15) is 0 Å². The molecule has 0 aliphatic carbocycles. The topological polar surface area (TPSA) is 155 Å². The van der Waals surface area contributed by atoms with Gasteiger partial charge < -0.3 is 19.3 Å². The van der Waals surface area contributed by atoms with Gasteiger partial charge in [-0.15, -0.1) is 0 Å². The molecule has 2 N–H and O–H groups in total. The van der Waals surface area contributed by atoms with E-state index in [0.717, 1.165) is 0 Å². The Hall–Kier alpha value is -0.841. The predicted molar refractivity (Wildman–Crippen MR) is 45.7 cm³/mol. The second-order valence-electron chi connectivity index (χ2n) is 2.70. The quantitative estimate of drug-likeness (QED) is 0.393. The molecule has 17 heavy (non-hydrogen) atoms. The molecule has 1 aromatic rings. The molecule has 11 heteroatoms. The van der Waals surface area contributed by atoms with Gasteiger partial charge in [0.2, 0.25) is 0 Å². The van der Waals surface area contributed by atoms with Crippen molar-refractivity contribution in [2.24, 2.45) is 0 Å². The standard InChI is InChI=1S/C6H6O8S2.Cu/c7-3-1-5(15(9,10)11)4(8)2-6(3)16(12,13)14;/h1-2,7-8H,(H,9,10,11)(H,12,13,14);/q;+2/p-2. The van der Waals surface area contributed by atoms with Gasteiger partial charge in [-0.3, -0.25) is 0 Å². The van der Waals surface area contributed by atoms with Crippen molar-refractivity contribution in [3.63, 3.8) is 0 Å². The first-order valence-electron chi connectivity index (χ1n) is 3.51. The van der Waals surface area contributed by atoms with E-state index in [4.69, 9.17) is 10.2 Å². The van der Waals surface area contributed by atoms with Crippen molar-refractivity contribution in [2.75, 3.05) is 0 Å². The van der Waals surface area contributed by atoms with Gasteiger partial charge in [-0.25, -0.2) is 16.8 Å². The van der Waals surface area contributed by atoms with Crippen LogP contribution in [0.25, 0.3) is 0 Å². The van der Waals surface area contributed by atoms with Crippen LogP contribution in [0.3, 0.4) is 0 Å². The molecule has 0 aliphatic heterocycles. The maximum Gasteiger partial charge on any atom is 2.00 e. The number of phenols is 2. The minimum atomic E-state index is -5.08. The zero-order chi connectivity index (χ0) is 12.7. The van der Waals surface area contributed by atoms with Gasteiger partial charge in [0.05, 0.1) is 9.79 Å². The number of hydrogen-bond acceptors (Lipinski definition) is 8. The van der Waals surface area contributed by atoms with Crippen LogP contribution in [0.4, 0.5) is 0 Å². The fourth-order valence-corrected chi connectivity index (χ4v) is 2.08. The van der Waals surface area contributed by atoms with Crippen LogP contribution < -0.4 is 0 Å². The average Bonchev–Trinajstić information content (AvgIpc) is 2.04. The molecule has 1 radical (unpaired) electrons. The molecule has 0 saturated heterocycles. The third kappa shape index (κ3) is 3.56. The maximum absolute atomic E-state index is 10.5. The molecule has 1 aromatic carbocycles. The summed E-state index contributed by atoms with van der Waals surface area (Å²) < 4.78 is 63.1. The Morgan fingerprint density at radius 3 is 1.24 bits per heavy atom. The van der Waals surface area contributed by atoms with Crippen LogP contribution in [0.5, 0.6) is 11.5 Å². The van der Waals surface area contributed by atoms with Crippen LogP contribution in [-0.2, 0) is 37.3 Å². The van der Waals surface area contributed by atoms with Gasteiger partial charge in [-0.1, -0.05) is 0 Å². The van der Waals surface area contributed by atoms with Crippen molar-refractivity contribution < 1.29 is 53.2 Å². The van der Waals surface area contributed by atoms with E-state index in [1.165, 1.54) is 0 Å². The third-order valence-electron chi connectivity index (χ3n) is 1.58. The SMILES string of the molecule is O=S(=O)([O-])c1cc(O)c(S(=O)(=O)[O-])cc1O.[Cu+2]. The minimum Gasteiger partial charge on any atom is -0.744 e. The van der Waals surface area contributed by atoms with E-state index in [9.17, 15) is 25.9 Å². The van der Waals surface area contributed by atoms with E-state index in [2.05, 4.69) is 0 Å². The number of phenolic OH excluding ortho intramolecular Hbond substituents is 2. The van der Waals surface area contributed by atoms with Crippen molar-refractivity contribution in [1.82, 2.24) is 0 Å². The van der Waals surface area contributed by atoms with Gasteiger partial charge in [0, 0.05) is 12.1 Å². The van der Waals surface area contributed by atoms with E-state index in [-0.39, 0.29) is 29.2 Å². The third-order valence-corrected chi connectivity index (χ3v) is 3.31. The van der Waals surface area contributed by atoms with Crippen LogP contribution in [0.15, 0.2) is 21.9 Å². The molecule has 99 valence electrons. The molecular weight excluding hydrogens is 328 g/mol. The molecule has 0 atom stereocenters. The van der Waals surface area contributed by atoms with Crippen LogP contribution in [-0.4, -0.2) is 36.2 Å². The van der Waals surface area contributed by atoms with E-state index in [1.54, 1.807) is 0 Å². The normalized spacial score (nSPS) is 11.9. The minimum absolute atomic E-state index is 0. The summed E-state index contributed by atoms with van der Waals surface area (Å²) in [5, 5.41) is 18.0. The van der Waals surface area contributed by atoms with Gasteiger partial charge in [0.1, 0.15) is 31.7 Å². The fraction of sp³-hybridized carbons (Fsp3) is 0. The second-order valence-corrected chi connectivity index (χ2v) is 5.39. The Bertz CT molecular complexity index is 574. The molecule has 0 unspecified atom stereocenters. The van der Waals surface area contributed by atoms with E-state index >= 15 is 0 Å². The molecule has 0 aromatic heterocycles. The Labute approximate surface area is 107 Å². The second kappa shape index (κ2) is 4.80. The van der Waals surface area contributed by atoms with Gasteiger partial charge in [-0.2, -0.15) is 0 Å². The first-order valence-corrected chi connectivity index (χ1v) is 6.33. The summed E-state index contributed by atoms with van der Waals surface area (Å²) in [6.07, 6.45) is 0. The zero-order valence-electron chi connectivity index (χ0n) is 7.62. The number of hydrogen-bond donors (Lipinski definition) is 2. The Morgan fingerprint density at radius 2 is 1.06 bits per heavy atom. The molecule has 0 heterocycles. The summed E-state index contributed by atoms with van der Waals surface area (Å²) in [6.45, 7) is 0. The monoisotopic (exact) mass is 331 g/mol. The number of rotatable bonds is 2. The summed E-state index contributed by atoms with van der Waals surface area (Å²) in [4.78, 5) is -2.42. The smallest absolute Gasteiger partial charge is 0.744 e. The van der Waals surface area contributed by atoms with Gasteiger partial charge in [-0.05, 0) is 0 Å². The summed E-state index contributed by atoms with van der Waals surface area (Å²) in [6, 6.07) is 0.394. The summed E-state index contributed by atoms with van der Waals surface area (Å²) in [5.41, 5.74) is 0. The molecule has 0 bridgehead atoms. The van der Waals surface area contributed by atoms with Crippen molar-refractivity contribution in [2.45, 2.75) is 9.79 Å². The molecule has 0 fully saturated rings. The molecule has 1 rings (SSSR count). The summed E-state index contributed by atoms with van der Waals surface area (Å²) in [5.74, 6) is -2.44. The van der Waals surface area contributed by atoms with E-state index < -0.39 is 41.5 Å². The zero-order valence-corrected chi connectivity index (χ0v) is 10.2. The van der Waals surface area contributed by atoms with Crippen molar-refractivity contribution >= 4 is 20.2 Å². The molecule has 0 aliphatic rings. The van der Waals surface area contributed by atoms with E-state index in [0.29, 0.717) is 0 Å².